The van der Waals surface area contributed by atoms with E-state index in [4.69, 9.17) is 0 Å². The lowest BCUT2D eigenvalue weighted by molar-refractivity contribution is -0.559. The minimum absolute atomic E-state index is 0.0209. The molecule has 2 rings (SSSR count). The van der Waals surface area contributed by atoms with Crippen LogP contribution in [0.5, 0.6) is 0 Å². The zero-order valence-electron chi connectivity index (χ0n) is 18.2. The summed E-state index contributed by atoms with van der Waals surface area (Å²) in [5, 5.41) is -8.83. The lowest BCUT2D eigenvalue weighted by Crippen LogP contribution is -3.15. The molecular formula is C14H19F8N3O9S3. The Morgan fingerprint density at radius 3 is 1.65 bits per heavy atom. The van der Waals surface area contributed by atoms with Crippen molar-refractivity contribution in [1.82, 2.24) is 9.21 Å². The third-order valence-electron chi connectivity index (χ3n) is 5.37. The van der Waals surface area contributed by atoms with Crippen molar-refractivity contribution < 1.29 is 73.8 Å². The number of halogens is 8. The number of piperidine rings is 1. The number of alkyl halides is 8. The van der Waals surface area contributed by atoms with E-state index in [-0.39, 0.29) is 28.5 Å². The first-order chi connectivity index (χ1) is 16.5. The Labute approximate surface area is 204 Å². The Morgan fingerprint density at radius 2 is 1.19 bits per heavy atom. The summed E-state index contributed by atoms with van der Waals surface area (Å²) in [7, 11) is -22.6. The van der Waals surface area contributed by atoms with Crippen LogP contribution in [-0.2, 0) is 39.6 Å². The summed E-state index contributed by atoms with van der Waals surface area (Å²) in [6.07, 6.45) is -0.0978. The predicted molar refractivity (Wildman–Crippen MR) is 104 cm³/mol. The molecule has 23 heteroatoms. The molecule has 2 saturated heterocycles. The highest BCUT2D eigenvalue weighted by molar-refractivity contribution is 7.98. The summed E-state index contributed by atoms with van der Waals surface area (Å²) in [5.41, 5.74) is 0. The number of hydrogen-bond acceptors (Lipinski definition) is 9. The predicted octanol–water partition coefficient (Wildman–Crippen LogP) is -0.883. The first-order valence-corrected chi connectivity index (χ1v) is 14.3. The van der Waals surface area contributed by atoms with Gasteiger partial charge >= 0.3 is 47.6 Å². The van der Waals surface area contributed by atoms with E-state index in [1.807, 2.05) is 0 Å². The highest BCUT2D eigenvalue weighted by atomic mass is 32.3. The summed E-state index contributed by atoms with van der Waals surface area (Å²) < 4.78 is 186. The molecule has 0 aliphatic carbocycles. The average Bonchev–Trinajstić information content (AvgIpc) is 2.83. The van der Waals surface area contributed by atoms with Crippen molar-refractivity contribution in [1.29, 1.82) is 0 Å². The standard InChI is InChI=1S/C14H19F8N3O9S3/c15-11(16,10(26)23-6-8-34-9-7-23)35(28,29)25(27)37(32,33)14(21,22)12(17,18)13(19,20)36(30,31)24-4-2-1-3-5-24/h25H,1-9H2. The maximum atomic E-state index is 14.4. The minimum atomic E-state index is -8.22. The molecule has 12 nitrogen and oxygen atoms in total. The van der Waals surface area contributed by atoms with Crippen molar-refractivity contribution in [3.05, 3.63) is 5.21 Å². The topological polar surface area (TPSA) is 163 Å². The number of sulfonamides is 3. The molecule has 2 heterocycles. The van der Waals surface area contributed by atoms with Gasteiger partial charge in [0, 0.05) is 26.2 Å². The van der Waals surface area contributed by atoms with Crippen LogP contribution in [-0.4, -0.2) is 101 Å². The van der Waals surface area contributed by atoms with Gasteiger partial charge in [-0.3, -0.25) is 4.79 Å². The maximum absolute atomic E-state index is 14.4. The van der Waals surface area contributed by atoms with Crippen molar-refractivity contribution in [2.75, 3.05) is 39.4 Å². The molecule has 218 valence electrons. The second kappa shape index (κ2) is 9.97. The van der Waals surface area contributed by atoms with Gasteiger partial charge in [-0.1, -0.05) is 6.42 Å². The number of nitrogens with zero attached hydrogens (tertiary/aromatic N) is 2. The van der Waals surface area contributed by atoms with E-state index in [2.05, 4.69) is 4.74 Å². The lowest BCUT2D eigenvalue weighted by Gasteiger charge is -2.37. The van der Waals surface area contributed by atoms with Gasteiger partial charge in [-0.2, -0.15) is 56.3 Å². The van der Waals surface area contributed by atoms with Crippen molar-refractivity contribution >= 4 is 36.0 Å². The summed E-state index contributed by atoms with van der Waals surface area (Å²) in [6.45, 7) is -4.07. The summed E-state index contributed by atoms with van der Waals surface area (Å²) >= 11 is 0. The van der Waals surface area contributed by atoms with Crippen LogP contribution in [0.15, 0.2) is 0 Å². The fourth-order valence-electron chi connectivity index (χ4n) is 3.19. The molecule has 37 heavy (non-hydrogen) atoms. The second-order valence-corrected chi connectivity index (χ2v) is 13.8. The van der Waals surface area contributed by atoms with Gasteiger partial charge in [0.1, 0.15) is 0 Å². The van der Waals surface area contributed by atoms with Crippen LogP contribution in [0.1, 0.15) is 19.3 Å². The van der Waals surface area contributed by atoms with Gasteiger partial charge in [0.05, 0.1) is 13.2 Å². The van der Waals surface area contributed by atoms with Gasteiger partial charge < -0.3 is 14.8 Å². The first-order valence-electron chi connectivity index (χ1n) is 9.94. The van der Waals surface area contributed by atoms with Crippen LogP contribution in [0.3, 0.4) is 0 Å². The summed E-state index contributed by atoms with van der Waals surface area (Å²) in [4.78, 5) is 11.9. The Morgan fingerprint density at radius 1 is 0.730 bits per heavy atom. The lowest BCUT2D eigenvalue weighted by atomic mass is 10.2. The number of rotatable bonds is 9. The van der Waals surface area contributed by atoms with E-state index in [9.17, 15) is 70.4 Å². The molecule has 0 saturated carbocycles. The molecule has 1 atom stereocenters. The van der Waals surface area contributed by atoms with E-state index in [0.717, 1.165) is 0 Å². The number of nitrogens with one attached hydrogen (secondary N) is 1. The van der Waals surface area contributed by atoms with Crippen LogP contribution < -0.4 is 3.87 Å². The van der Waals surface area contributed by atoms with Gasteiger partial charge in [0.2, 0.25) is 0 Å². The van der Waals surface area contributed by atoms with Crippen molar-refractivity contribution in [3.63, 3.8) is 0 Å². The smallest absolute Gasteiger partial charge is 0.474 e. The maximum Gasteiger partial charge on any atom is 0.474 e. The van der Waals surface area contributed by atoms with E-state index >= 15 is 0 Å². The molecule has 0 bridgehead atoms. The van der Waals surface area contributed by atoms with Gasteiger partial charge in [-0.05, 0) is 12.8 Å². The molecule has 2 aliphatic heterocycles. The molecule has 1 N–H and O–H groups in total. The summed E-state index contributed by atoms with van der Waals surface area (Å²) in [5.74, 6) is -10.4. The largest absolute Gasteiger partial charge is 0.602 e. The van der Waals surface area contributed by atoms with Crippen molar-refractivity contribution in [2.45, 2.75) is 40.9 Å². The second-order valence-electron chi connectivity index (χ2n) is 7.75. The van der Waals surface area contributed by atoms with E-state index < -0.39 is 101 Å². The summed E-state index contributed by atoms with van der Waals surface area (Å²) in [6, 6.07) is 0. The number of carbonyl (C=O) groups excluding carboxylic acids is 1. The Balaban J connectivity index is 2.51. The van der Waals surface area contributed by atoms with Crippen LogP contribution in [0.25, 0.3) is 0 Å². The molecular weight excluding hydrogens is 602 g/mol. The number of carbonyl (C=O) groups is 1. The fourth-order valence-corrected chi connectivity index (χ4v) is 7.79. The molecule has 0 aromatic heterocycles. The van der Waals surface area contributed by atoms with E-state index in [0.29, 0.717) is 0 Å². The number of amides is 1. The molecule has 0 aromatic carbocycles. The number of quaternary nitrogens is 1. The van der Waals surface area contributed by atoms with Crippen molar-refractivity contribution in [3.8, 4) is 0 Å². The highest BCUT2D eigenvalue weighted by Gasteiger charge is 2.85. The number of ether oxygens (including phenoxy) is 1. The molecule has 2 fully saturated rings. The van der Waals surface area contributed by atoms with Crippen LogP contribution in [0.4, 0.5) is 35.1 Å². The highest BCUT2D eigenvalue weighted by Crippen LogP contribution is 2.51. The molecule has 0 aromatic rings. The minimum Gasteiger partial charge on any atom is -0.602 e. The van der Waals surface area contributed by atoms with Gasteiger partial charge in [0.15, 0.2) is 0 Å². The van der Waals surface area contributed by atoms with Gasteiger partial charge in [0.25, 0.3) is 10.0 Å². The van der Waals surface area contributed by atoms with E-state index in [1.165, 1.54) is 0 Å². The molecule has 1 unspecified atom stereocenters. The SMILES string of the molecule is O=C(N1CCOCC1)C(F)(F)S(=O)(=O)[NH+]([O-])S(=O)(=O)C(F)(F)C(F)(F)C(F)(F)S(=O)(=O)N1CCCCC1. The van der Waals surface area contributed by atoms with Crippen LogP contribution in [0.2, 0.25) is 0 Å². The monoisotopic (exact) mass is 621 g/mol. The van der Waals surface area contributed by atoms with Crippen LogP contribution >= 0.6 is 0 Å². The average molecular weight is 622 g/mol. The Bertz CT molecular complexity index is 1200. The first kappa shape index (κ1) is 31.8. The Hall–Kier alpha value is -1.40. The van der Waals surface area contributed by atoms with Crippen LogP contribution in [0, 0.1) is 5.21 Å². The molecule has 1 amide bonds. The van der Waals surface area contributed by atoms with Gasteiger partial charge in [-0.15, -0.1) is 3.87 Å². The third kappa shape index (κ3) is 4.79. The number of morpholine rings is 1. The molecule has 0 radical (unpaired) electrons. The Kier molecular flexibility index (Phi) is 8.57. The number of hydrogen-bond donors (Lipinski definition) is 1. The normalized spacial score (nSPS) is 21.1. The third-order valence-corrected chi connectivity index (χ3v) is 11.3. The zero-order valence-corrected chi connectivity index (χ0v) is 20.6. The van der Waals surface area contributed by atoms with E-state index in [1.54, 1.807) is 0 Å². The van der Waals surface area contributed by atoms with Gasteiger partial charge in [-0.25, -0.2) is 8.42 Å². The molecule has 2 aliphatic rings. The van der Waals surface area contributed by atoms with Crippen molar-refractivity contribution in [2.24, 2.45) is 0 Å². The quantitative estimate of drug-likeness (QED) is 0.255. The zero-order chi connectivity index (χ0) is 28.9. The molecule has 0 spiro atoms. The fraction of sp³-hybridized carbons (Fsp3) is 0.929.